The minimum Gasteiger partial charge on any atom is -0.382 e. The molecule has 0 saturated heterocycles. The molecule has 2 aromatic rings. The van der Waals surface area contributed by atoms with Crippen molar-refractivity contribution in [2.45, 2.75) is 25.7 Å². The Morgan fingerprint density at radius 2 is 2.18 bits per heavy atom. The van der Waals surface area contributed by atoms with Gasteiger partial charge in [-0.05, 0) is 30.9 Å². The van der Waals surface area contributed by atoms with E-state index >= 15 is 0 Å². The highest BCUT2D eigenvalue weighted by atomic mass is 35.5. The second kappa shape index (κ2) is 4.83. The summed E-state index contributed by atoms with van der Waals surface area (Å²) < 4.78 is 1.20. The van der Waals surface area contributed by atoms with E-state index in [0.29, 0.717) is 0 Å². The second-order valence-electron chi connectivity index (χ2n) is 4.65. The van der Waals surface area contributed by atoms with Crippen LogP contribution in [0.15, 0.2) is 17.6 Å². The quantitative estimate of drug-likeness (QED) is 0.881. The fraction of sp³-hybridized carbons (Fsp3) is 0.462. The van der Waals surface area contributed by atoms with Gasteiger partial charge in [0.1, 0.15) is 5.52 Å². The summed E-state index contributed by atoms with van der Waals surface area (Å²) in [7, 11) is 0. The molecule has 1 saturated carbocycles. The number of hydrogen-bond acceptors (Lipinski definition) is 3. The van der Waals surface area contributed by atoms with Crippen molar-refractivity contribution in [3.8, 4) is 0 Å². The summed E-state index contributed by atoms with van der Waals surface area (Å²) in [6, 6.07) is 4.00. The van der Waals surface area contributed by atoms with E-state index in [9.17, 15) is 0 Å². The van der Waals surface area contributed by atoms with Gasteiger partial charge in [0.15, 0.2) is 0 Å². The minimum absolute atomic E-state index is 0.779. The van der Waals surface area contributed by atoms with E-state index < -0.39 is 0 Å². The van der Waals surface area contributed by atoms with Crippen LogP contribution in [0.5, 0.6) is 0 Å². The largest absolute Gasteiger partial charge is 0.382 e. The van der Waals surface area contributed by atoms with Gasteiger partial charge >= 0.3 is 0 Å². The number of rotatable bonds is 3. The molecule has 1 aromatic carbocycles. The summed E-state index contributed by atoms with van der Waals surface area (Å²) >= 11 is 7.91. The predicted octanol–water partition coefficient (Wildman–Crippen LogP) is 4.55. The molecule has 0 unspecified atom stereocenters. The first-order valence-electron chi connectivity index (χ1n) is 6.10. The molecule has 0 bridgehead atoms. The van der Waals surface area contributed by atoms with Gasteiger partial charge in [0.05, 0.1) is 20.9 Å². The van der Waals surface area contributed by atoms with Crippen LogP contribution in [0.2, 0.25) is 5.02 Å². The van der Waals surface area contributed by atoms with E-state index in [-0.39, 0.29) is 0 Å². The zero-order valence-corrected chi connectivity index (χ0v) is 11.2. The zero-order chi connectivity index (χ0) is 11.7. The van der Waals surface area contributed by atoms with E-state index in [1.807, 2.05) is 17.6 Å². The standard InChI is InChI=1S/C13H15ClN2S/c14-10-5-6-11-13(16-8-17-11)12(10)15-7-9-3-1-2-4-9/h5-6,8-9,15H,1-4,7H2. The Bertz CT molecular complexity index is 517. The van der Waals surface area contributed by atoms with E-state index in [1.165, 1.54) is 30.4 Å². The lowest BCUT2D eigenvalue weighted by atomic mass is 10.1. The van der Waals surface area contributed by atoms with Crippen molar-refractivity contribution in [2.75, 3.05) is 11.9 Å². The first kappa shape index (κ1) is 11.3. The molecule has 1 aliphatic rings. The van der Waals surface area contributed by atoms with Gasteiger partial charge in [0.2, 0.25) is 0 Å². The number of fused-ring (bicyclic) bond motifs is 1. The van der Waals surface area contributed by atoms with Crippen LogP contribution in [0.3, 0.4) is 0 Å². The summed E-state index contributed by atoms with van der Waals surface area (Å²) in [6.07, 6.45) is 5.44. The Kier molecular flexibility index (Phi) is 3.21. The van der Waals surface area contributed by atoms with E-state index in [4.69, 9.17) is 11.6 Å². The van der Waals surface area contributed by atoms with Crippen molar-refractivity contribution in [3.63, 3.8) is 0 Å². The van der Waals surface area contributed by atoms with Gasteiger partial charge in [-0.2, -0.15) is 0 Å². The van der Waals surface area contributed by atoms with Crippen molar-refractivity contribution in [2.24, 2.45) is 5.92 Å². The van der Waals surface area contributed by atoms with Crippen LogP contribution in [-0.2, 0) is 0 Å². The lowest BCUT2D eigenvalue weighted by molar-refractivity contribution is 0.580. The zero-order valence-electron chi connectivity index (χ0n) is 9.58. The molecule has 17 heavy (non-hydrogen) atoms. The molecule has 3 rings (SSSR count). The van der Waals surface area contributed by atoms with Crippen molar-refractivity contribution >= 4 is 38.8 Å². The average molecular weight is 267 g/mol. The SMILES string of the molecule is Clc1ccc2scnc2c1NCC1CCCC1. The smallest absolute Gasteiger partial charge is 0.106 e. The lowest BCUT2D eigenvalue weighted by Gasteiger charge is -2.13. The predicted molar refractivity (Wildman–Crippen MR) is 75.1 cm³/mol. The van der Waals surface area contributed by atoms with Gasteiger partial charge in [-0.25, -0.2) is 4.98 Å². The van der Waals surface area contributed by atoms with Crippen LogP contribution in [0.25, 0.3) is 10.2 Å². The Balaban J connectivity index is 1.82. The van der Waals surface area contributed by atoms with Gasteiger partial charge in [0.25, 0.3) is 0 Å². The third-order valence-corrected chi connectivity index (χ3v) is 4.60. The van der Waals surface area contributed by atoms with Crippen molar-refractivity contribution in [3.05, 3.63) is 22.7 Å². The molecule has 1 N–H and O–H groups in total. The number of thiazole rings is 1. The number of anilines is 1. The van der Waals surface area contributed by atoms with Crippen LogP contribution >= 0.6 is 22.9 Å². The van der Waals surface area contributed by atoms with Crippen LogP contribution < -0.4 is 5.32 Å². The molecule has 0 atom stereocenters. The summed E-state index contributed by atoms with van der Waals surface area (Å²) in [5, 5.41) is 4.28. The molecule has 0 radical (unpaired) electrons. The normalized spacial score (nSPS) is 16.8. The Morgan fingerprint density at radius 1 is 1.35 bits per heavy atom. The van der Waals surface area contributed by atoms with Crippen molar-refractivity contribution in [1.29, 1.82) is 0 Å². The Morgan fingerprint density at radius 3 is 3.00 bits per heavy atom. The summed E-state index contributed by atoms with van der Waals surface area (Å²) in [6.45, 7) is 1.02. The number of hydrogen-bond donors (Lipinski definition) is 1. The maximum atomic E-state index is 6.25. The molecule has 0 spiro atoms. The minimum atomic E-state index is 0.779. The number of aromatic nitrogens is 1. The van der Waals surface area contributed by atoms with Crippen molar-refractivity contribution in [1.82, 2.24) is 4.98 Å². The fourth-order valence-corrected chi connectivity index (χ4v) is 3.44. The molecule has 2 nitrogen and oxygen atoms in total. The van der Waals surface area contributed by atoms with Crippen LogP contribution in [0.4, 0.5) is 5.69 Å². The molecule has 0 amide bonds. The topological polar surface area (TPSA) is 24.9 Å². The molecular weight excluding hydrogens is 252 g/mol. The van der Waals surface area contributed by atoms with Crippen LogP contribution in [0.1, 0.15) is 25.7 Å². The molecule has 90 valence electrons. The van der Waals surface area contributed by atoms with E-state index in [0.717, 1.165) is 28.7 Å². The highest BCUT2D eigenvalue weighted by molar-refractivity contribution is 7.16. The van der Waals surface area contributed by atoms with Crippen LogP contribution in [0, 0.1) is 5.92 Å². The highest BCUT2D eigenvalue weighted by Crippen LogP contribution is 2.33. The van der Waals surface area contributed by atoms with Gasteiger partial charge in [-0.1, -0.05) is 24.4 Å². The third-order valence-electron chi connectivity index (χ3n) is 3.49. The molecule has 1 aliphatic carbocycles. The van der Waals surface area contributed by atoms with Gasteiger partial charge in [0, 0.05) is 6.54 Å². The molecule has 1 heterocycles. The maximum Gasteiger partial charge on any atom is 0.106 e. The molecular formula is C13H15ClN2S. The van der Waals surface area contributed by atoms with E-state index in [2.05, 4.69) is 10.3 Å². The lowest BCUT2D eigenvalue weighted by Crippen LogP contribution is -2.11. The fourth-order valence-electron chi connectivity index (χ4n) is 2.54. The molecule has 1 aromatic heterocycles. The van der Waals surface area contributed by atoms with Gasteiger partial charge in [-0.15, -0.1) is 11.3 Å². The summed E-state index contributed by atoms with van der Waals surface area (Å²) in [5.41, 5.74) is 3.90. The van der Waals surface area contributed by atoms with E-state index in [1.54, 1.807) is 11.3 Å². The highest BCUT2D eigenvalue weighted by Gasteiger charge is 2.16. The molecule has 1 fully saturated rings. The van der Waals surface area contributed by atoms with Gasteiger partial charge < -0.3 is 5.32 Å². The van der Waals surface area contributed by atoms with Crippen molar-refractivity contribution < 1.29 is 0 Å². The second-order valence-corrected chi connectivity index (χ2v) is 5.95. The monoisotopic (exact) mass is 266 g/mol. The number of benzene rings is 1. The van der Waals surface area contributed by atoms with Crippen LogP contribution in [-0.4, -0.2) is 11.5 Å². The molecule has 4 heteroatoms. The summed E-state index contributed by atoms with van der Waals surface area (Å²) in [5.74, 6) is 0.806. The summed E-state index contributed by atoms with van der Waals surface area (Å²) in [4.78, 5) is 4.40. The molecule has 0 aliphatic heterocycles. The Labute approximate surface area is 110 Å². The average Bonchev–Trinajstić information content (AvgIpc) is 2.97. The number of nitrogens with zero attached hydrogens (tertiary/aromatic N) is 1. The Hall–Kier alpha value is -0.800. The first-order chi connectivity index (χ1) is 8.34. The van der Waals surface area contributed by atoms with Gasteiger partial charge in [-0.3, -0.25) is 0 Å². The number of halogens is 1. The first-order valence-corrected chi connectivity index (χ1v) is 7.36. The maximum absolute atomic E-state index is 6.25. The third kappa shape index (κ3) is 2.26. The number of nitrogens with one attached hydrogen (secondary N) is 1.